The zero-order valence-electron chi connectivity index (χ0n) is 26.4. The van der Waals surface area contributed by atoms with Crippen LogP contribution < -0.4 is 10.6 Å². The monoisotopic (exact) mass is 614 g/mol. The fraction of sp³-hybridized carbons (Fsp3) is 0.412. The molecule has 0 spiro atoms. The van der Waals surface area contributed by atoms with Gasteiger partial charge in [-0.2, -0.15) is 0 Å². The third-order valence-corrected chi connectivity index (χ3v) is 9.56. The first-order valence-electron chi connectivity index (χ1n) is 14.9. The zero-order chi connectivity index (χ0) is 32.9. The van der Waals surface area contributed by atoms with Crippen LogP contribution in [0.3, 0.4) is 0 Å². The van der Waals surface area contributed by atoms with Crippen molar-refractivity contribution in [3.63, 3.8) is 0 Å². The molecule has 4 atom stereocenters. The van der Waals surface area contributed by atoms with Gasteiger partial charge in [0.2, 0.25) is 11.7 Å². The van der Waals surface area contributed by atoms with Gasteiger partial charge in [-0.1, -0.05) is 32.9 Å². The minimum absolute atomic E-state index is 0.0380. The van der Waals surface area contributed by atoms with Crippen molar-refractivity contribution in [1.29, 1.82) is 0 Å². The molecule has 1 fully saturated rings. The largest absolute Gasteiger partial charge is 0.508 e. The Morgan fingerprint density at radius 1 is 1.09 bits per heavy atom. The molecule has 0 radical (unpaired) electrons. The highest BCUT2D eigenvalue weighted by molar-refractivity contribution is 6.24. The summed E-state index contributed by atoms with van der Waals surface area (Å²) in [5.74, 6) is -5.84. The number of ketones is 2. The van der Waals surface area contributed by atoms with Crippen molar-refractivity contribution in [3.05, 3.63) is 63.9 Å². The fourth-order valence-electron chi connectivity index (χ4n) is 7.32. The number of carbonyl (C=O) groups excluding carboxylic acids is 3. The number of anilines is 1. The molecule has 1 amide bonds. The van der Waals surface area contributed by atoms with Gasteiger partial charge < -0.3 is 30.4 Å². The maximum absolute atomic E-state index is 14.3. The molecule has 0 bridgehead atoms. The molecule has 1 saturated carbocycles. The Labute approximate surface area is 260 Å². The number of amides is 1. The molecule has 11 heteroatoms. The lowest BCUT2D eigenvalue weighted by molar-refractivity contribution is -0.153. The molecule has 5 N–H and O–H groups in total. The number of primary amides is 1. The standard InChI is InChI=1S/C34H38N4O7/c1-33(2,3)17-10-8-15(9-11-17)32-36-20-14-21(37(4)5)18-12-16-13-19-25(38(6)7)27(40)24(31(35)43)30(42)34(19,44)29(41)22(16)26(39)23(18)28(20)45-32/h8-11,14,16,19,25,39,42,44H,12-13H2,1-7H3,(H2,35,43)/t16-,19-,25-,34?/m0/s1. The van der Waals surface area contributed by atoms with E-state index in [1.165, 1.54) is 4.90 Å². The molecule has 11 nitrogen and oxygen atoms in total. The SMILES string of the molecule is CN(C)c1cc2nc(-c3ccc(C(C)(C)C)cc3)oc2c2c1C[C@H]1C[C@H]3[C@H](N(C)C)C(=O)C(C(N)=O)=C(O)C3(O)C(=O)C1=C2O. The third-order valence-electron chi connectivity index (χ3n) is 9.56. The number of nitrogens with two attached hydrogens (primary N) is 1. The van der Waals surface area contributed by atoms with Gasteiger partial charge in [0.15, 0.2) is 17.0 Å². The lowest BCUT2D eigenvalue weighted by Crippen LogP contribution is -2.65. The van der Waals surface area contributed by atoms with Crippen LogP contribution in [0.2, 0.25) is 0 Å². The first-order chi connectivity index (χ1) is 21.0. The summed E-state index contributed by atoms with van der Waals surface area (Å²) in [7, 11) is 6.91. The Kier molecular flexibility index (Phi) is 6.80. The number of benzene rings is 2. The van der Waals surface area contributed by atoms with E-state index in [1.54, 1.807) is 14.1 Å². The van der Waals surface area contributed by atoms with Crippen molar-refractivity contribution >= 4 is 40.0 Å². The normalized spacial score (nSPS) is 25.0. The van der Waals surface area contributed by atoms with Crippen molar-refractivity contribution in [2.24, 2.45) is 17.6 Å². The molecule has 1 aromatic heterocycles. The number of oxazole rings is 1. The molecule has 6 rings (SSSR count). The van der Waals surface area contributed by atoms with Crippen LogP contribution >= 0.6 is 0 Å². The Bertz CT molecular complexity index is 1860. The van der Waals surface area contributed by atoms with E-state index in [9.17, 15) is 29.7 Å². The summed E-state index contributed by atoms with van der Waals surface area (Å²) in [4.78, 5) is 48.0. The van der Waals surface area contributed by atoms with Gasteiger partial charge in [0.25, 0.3) is 5.91 Å². The lowest BCUT2D eigenvalue weighted by Gasteiger charge is -2.50. The van der Waals surface area contributed by atoms with Crippen LogP contribution in [-0.4, -0.2) is 82.5 Å². The summed E-state index contributed by atoms with van der Waals surface area (Å²) in [5, 5.41) is 35.0. The summed E-state index contributed by atoms with van der Waals surface area (Å²) in [6.45, 7) is 6.38. The number of nitrogens with zero attached hydrogens (tertiary/aromatic N) is 3. The summed E-state index contributed by atoms with van der Waals surface area (Å²) < 4.78 is 6.29. The van der Waals surface area contributed by atoms with Crippen LogP contribution in [0.1, 0.15) is 43.9 Å². The van der Waals surface area contributed by atoms with E-state index >= 15 is 0 Å². The van der Waals surface area contributed by atoms with Crippen molar-refractivity contribution in [2.75, 3.05) is 33.1 Å². The van der Waals surface area contributed by atoms with Gasteiger partial charge >= 0.3 is 0 Å². The predicted molar refractivity (Wildman–Crippen MR) is 169 cm³/mol. The van der Waals surface area contributed by atoms with Crippen LogP contribution in [0, 0.1) is 11.8 Å². The maximum Gasteiger partial charge on any atom is 0.255 e. The Morgan fingerprint density at radius 3 is 2.29 bits per heavy atom. The third kappa shape index (κ3) is 4.32. The zero-order valence-corrected chi connectivity index (χ0v) is 26.4. The second-order valence-electron chi connectivity index (χ2n) is 13.8. The maximum atomic E-state index is 14.3. The number of carbonyl (C=O) groups is 3. The van der Waals surface area contributed by atoms with Gasteiger partial charge in [-0.3, -0.25) is 19.3 Å². The summed E-state index contributed by atoms with van der Waals surface area (Å²) in [5.41, 5.74) is 6.23. The van der Waals surface area contributed by atoms with Gasteiger partial charge in [0.05, 0.1) is 11.6 Å². The average molecular weight is 615 g/mol. The Balaban J connectivity index is 1.56. The molecule has 2 aromatic carbocycles. The molecular weight excluding hydrogens is 576 g/mol. The second kappa shape index (κ2) is 10.0. The number of fused-ring (bicyclic) bond motifs is 5. The number of rotatable bonds is 4. The molecular formula is C34H38N4O7. The van der Waals surface area contributed by atoms with Crippen molar-refractivity contribution < 1.29 is 34.1 Å². The van der Waals surface area contributed by atoms with E-state index in [1.807, 2.05) is 49.3 Å². The molecule has 3 aromatic rings. The van der Waals surface area contributed by atoms with E-state index in [4.69, 9.17) is 15.1 Å². The van der Waals surface area contributed by atoms with Crippen LogP contribution in [0.4, 0.5) is 5.69 Å². The van der Waals surface area contributed by atoms with E-state index in [2.05, 4.69) is 20.8 Å². The molecule has 0 saturated heterocycles. The minimum Gasteiger partial charge on any atom is -0.508 e. The van der Waals surface area contributed by atoms with Gasteiger partial charge in [0.1, 0.15) is 22.6 Å². The van der Waals surface area contributed by atoms with E-state index in [0.29, 0.717) is 11.4 Å². The number of Topliss-reactive ketones (excluding diaryl/α,β-unsaturated/α-hetero) is 2. The van der Waals surface area contributed by atoms with Crippen LogP contribution in [0.5, 0.6) is 0 Å². The smallest absolute Gasteiger partial charge is 0.255 e. The second-order valence-corrected chi connectivity index (χ2v) is 13.8. The van der Waals surface area contributed by atoms with Crippen molar-refractivity contribution in [2.45, 2.75) is 50.7 Å². The Morgan fingerprint density at radius 2 is 1.73 bits per heavy atom. The molecule has 0 aliphatic heterocycles. The topological polar surface area (TPSA) is 170 Å². The first-order valence-corrected chi connectivity index (χ1v) is 14.9. The van der Waals surface area contributed by atoms with E-state index < -0.39 is 58.0 Å². The molecule has 45 heavy (non-hydrogen) atoms. The van der Waals surface area contributed by atoms with Gasteiger partial charge in [-0.05, 0) is 67.6 Å². The summed E-state index contributed by atoms with van der Waals surface area (Å²) in [6, 6.07) is 8.66. The minimum atomic E-state index is -2.65. The molecule has 3 aliphatic rings. The Hall–Kier alpha value is -4.48. The number of aliphatic hydroxyl groups excluding tert-OH is 2. The van der Waals surface area contributed by atoms with Crippen molar-refractivity contribution in [3.8, 4) is 11.5 Å². The molecule has 236 valence electrons. The van der Waals surface area contributed by atoms with Crippen LogP contribution in [0.15, 0.2) is 51.7 Å². The van der Waals surface area contributed by atoms with Gasteiger partial charge in [-0.15, -0.1) is 0 Å². The molecule has 3 aliphatic carbocycles. The molecule has 1 unspecified atom stereocenters. The van der Waals surface area contributed by atoms with E-state index in [0.717, 1.165) is 22.4 Å². The number of likely N-dealkylation sites (N-methyl/N-ethyl adjacent to an activating group) is 1. The summed E-state index contributed by atoms with van der Waals surface area (Å²) >= 11 is 0. The van der Waals surface area contributed by atoms with Crippen LogP contribution in [-0.2, 0) is 26.2 Å². The number of hydrogen-bond acceptors (Lipinski definition) is 10. The van der Waals surface area contributed by atoms with Crippen molar-refractivity contribution in [1.82, 2.24) is 9.88 Å². The predicted octanol–water partition coefficient (Wildman–Crippen LogP) is 3.43. The fourth-order valence-corrected chi connectivity index (χ4v) is 7.32. The van der Waals surface area contributed by atoms with E-state index in [-0.39, 0.29) is 35.0 Å². The average Bonchev–Trinajstić information content (AvgIpc) is 3.37. The molecule has 1 heterocycles. The van der Waals surface area contributed by atoms with Gasteiger partial charge in [0, 0.05) is 36.8 Å². The highest BCUT2D eigenvalue weighted by Crippen LogP contribution is 2.53. The summed E-state index contributed by atoms with van der Waals surface area (Å²) in [6.07, 6.45) is 0.354. The highest BCUT2D eigenvalue weighted by atomic mass is 16.4. The van der Waals surface area contributed by atoms with Crippen LogP contribution in [0.25, 0.3) is 28.3 Å². The highest BCUT2D eigenvalue weighted by Gasteiger charge is 2.64. The number of aromatic nitrogens is 1. The number of aliphatic hydroxyl groups is 3. The number of hydrogen-bond donors (Lipinski definition) is 4. The quantitative estimate of drug-likeness (QED) is 0.319. The first kappa shape index (κ1) is 30.5. The lowest BCUT2D eigenvalue weighted by atomic mass is 9.57. The van der Waals surface area contributed by atoms with Gasteiger partial charge in [-0.25, -0.2) is 4.98 Å².